The summed E-state index contributed by atoms with van der Waals surface area (Å²) >= 11 is 1.93. The third kappa shape index (κ3) is 11.5. The first-order valence-electron chi connectivity index (χ1n) is 8.74. The second-order valence-electron chi connectivity index (χ2n) is 5.85. The number of nitrogens with zero attached hydrogens (tertiary/aromatic N) is 1. The Balaban J connectivity index is 0.00000484. The van der Waals surface area contributed by atoms with Crippen LogP contribution in [0.5, 0.6) is 0 Å². The molecule has 0 aromatic rings. The maximum Gasteiger partial charge on any atom is 0.197 e. The van der Waals surface area contributed by atoms with Gasteiger partial charge in [0.2, 0.25) is 0 Å². The molecule has 1 saturated heterocycles. The van der Waals surface area contributed by atoms with E-state index >= 15 is 0 Å². The molecular formula is C16H34ClN5S. The molecule has 0 saturated carbocycles. The van der Waals surface area contributed by atoms with Crippen molar-refractivity contribution in [2.45, 2.75) is 58.3 Å². The van der Waals surface area contributed by atoms with Crippen molar-refractivity contribution in [1.82, 2.24) is 15.5 Å². The molecule has 23 heavy (non-hydrogen) atoms. The summed E-state index contributed by atoms with van der Waals surface area (Å²) in [7, 11) is 0. The molecule has 0 atom stereocenters. The molecule has 0 aromatic heterocycles. The van der Waals surface area contributed by atoms with E-state index in [4.69, 9.17) is 10.8 Å². The first kappa shape index (κ1) is 22.4. The zero-order chi connectivity index (χ0) is 16.0. The van der Waals surface area contributed by atoms with Crippen molar-refractivity contribution in [3.05, 3.63) is 0 Å². The molecule has 0 spiro atoms. The minimum absolute atomic E-state index is 0. The van der Waals surface area contributed by atoms with Gasteiger partial charge in [0.05, 0.1) is 0 Å². The number of hydrogen-bond acceptors (Lipinski definition) is 3. The highest BCUT2D eigenvalue weighted by Gasteiger charge is 2.14. The topological polar surface area (TPSA) is 75.0 Å². The minimum Gasteiger partial charge on any atom is -0.356 e. The number of guanidine groups is 2. The summed E-state index contributed by atoms with van der Waals surface area (Å²) in [6, 6.07) is 0. The fourth-order valence-corrected chi connectivity index (χ4v) is 3.40. The lowest BCUT2D eigenvalue weighted by atomic mass is 10.1. The van der Waals surface area contributed by atoms with Crippen molar-refractivity contribution in [3.8, 4) is 0 Å². The second-order valence-corrected chi connectivity index (χ2v) is 7.07. The monoisotopic (exact) mass is 363 g/mol. The SMILES string of the molecule is CCCCCCCCCCNC(=N)NC(=N)N1CCSCC1.Cl. The quantitative estimate of drug-likeness (QED) is 0.286. The number of unbranched alkanes of at least 4 members (excludes halogenated alkanes) is 7. The van der Waals surface area contributed by atoms with Crippen LogP contribution < -0.4 is 10.6 Å². The summed E-state index contributed by atoms with van der Waals surface area (Å²) in [6.45, 7) is 4.88. The van der Waals surface area contributed by atoms with E-state index < -0.39 is 0 Å². The molecular weight excluding hydrogens is 330 g/mol. The Morgan fingerprint density at radius 3 is 2.13 bits per heavy atom. The standard InChI is InChI=1S/C16H33N5S.ClH/c1-2-3-4-5-6-7-8-9-10-19-15(17)20-16(18)21-11-13-22-14-12-21;/h2-14H2,1H3,(H4,17,18,19,20);1H. The lowest BCUT2D eigenvalue weighted by Gasteiger charge is -2.28. The molecule has 5 nitrogen and oxygen atoms in total. The Bertz CT molecular complexity index is 322. The molecule has 1 fully saturated rings. The van der Waals surface area contributed by atoms with E-state index in [2.05, 4.69) is 17.6 Å². The predicted octanol–water partition coefficient (Wildman–Crippen LogP) is 3.65. The summed E-state index contributed by atoms with van der Waals surface area (Å²) in [4.78, 5) is 2.00. The number of hydrogen-bond donors (Lipinski definition) is 4. The molecule has 136 valence electrons. The molecule has 0 unspecified atom stereocenters. The second kappa shape index (κ2) is 14.9. The van der Waals surface area contributed by atoms with E-state index in [1.807, 2.05) is 16.7 Å². The van der Waals surface area contributed by atoms with E-state index in [-0.39, 0.29) is 18.4 Å². The van der Waals surface area contributed by atoms with Crippen molar-refractivity contribution >= 4 is 36.1 Å². The molecule has 7 heteroatoms. The number of thioether (sulfide) groups is 1. The van der Waals surface area contributed by atoms with Crippen LogP contribution in [0.15, 0.2) is 0 Å². The lowest BCUT2D eigenvalue weighted by molar-refractivity contribution is 0.448. The van der Waals surface area contributed by atoms with Gasteiger partial charge in [0.25, 0.3) is 0 Å². The fraction of sp³-hybridized carbons (Fsp3) is 0.875. The first-order valence-corrected chi connectivity index (χ1v) is 9.90. The van der Waals surface area contributed by atoms with Crippen molar-refractivity contribution in [3.63, 3.8) is 0 Å². The molecule has 0 bridgehead atoms. The maximum atomic E-state index is 7.96. The average molecular weight is 364 g/mol. The predicted molar refractivity (Wildman–Crippen MR) is 105 cm³/mol. The Morgan fingerprint density at radius 2 is 1.52 bits per heavy atom. The molecule has 1 rings (SSSR count). The largest absolute Gasteiger partial charge is 0.356 e. The highest BCUT2D eigenvalue weighted by Crippen LogP contribution is 2.09. The van der Waals surface area contributed by atoms with Crippen molar-refractivity contribution in [2.24, 2.45) is 0 Å². The van der Waals surface area contributed by atoms with Gasteiger partial charge < -0.3 is 10.2 Å². The van der Waals surface area contributed by atoms with Crippen LogP contribution in [0, 0.1) is 10.8 Å². The van der Waals surface area contributed by atoms with Crippen LogP contribution >= 0.6 is 24.2 Å². The van der Waals surface area contributed by atoms with Gasteiger partial charge in [-0.05, 0) is 6.42 Å². The van der Waals surface area contributed by atoms with Crippen LogP contribution in [0.4, 0.5) is 0 Å². The first-order chi connectivity index (χ1) is 10.7. The molecule has 1 heterocycles. The van der Waals surface area contributed by atoms with E-state index in [1.165, 1.54) is 44.9 Å². The lowest BCUT2D eigenvalue weighted by Crippen LogP contribution is -2.50. The van der Waals surface area contributed by atoms with Gasteiger partial charge in [-0.15, -0.1) is 12.4 Å². The summed E-state index contributed by atoms with van der Waals surface area (Å²) in [5, 5.41) is 21.7. The Morgan fingerprint density at radius 1 is 0.957 bits per heavy atom. The average Bonchev–Trinajstić information content (AvgIpc) is 2.54. The molecule has 0 aliphatic carbocycles. The van der Waals surface area contributed by atoms with E-state index in [0.717, 1.165) is 37.6 Å². The Labute approximate surface area is 152 Å². The van der Waals surface area contributed by atoms with Crippen LogP contribution in [0.1, 0.15) is 58.3 Å². The van der Waals surface area contributed by atoms with Gasteiger partial charge in [0.15, 0.2) is 11.9 Å². The molecule has 1 aliphatic heterocycles. The van der Waals surface area contributed by atoms with Gasteiger partial charge in [-0.25, -0.2) is 0 Å². The molecule has 0 aromatic carbocycles. The van der Waals surface area contributed by atoms with Crippen LogP contribution in [-0.2, 0) is 0 Å². The Kier molecular flexibility index (Phi) is 14.5. The number of nitrogens with one attached hydrogen (secondary N) is 4. The summed E-state index contributed by atoms with van der Waals surface area (Å²) in [5.74, 6) is 2.76. The van der Waals surface area contributed by atoms with E-state index in [1.54, 1.807) is 0 Å². The van der Waals surface area contributed by atoms with Crippen molar-refractivity contribution < 1.29 is 0 Å². The molecule has 0 amide bonds. The highest BCUT2D eigenvalue weighted by molar-refractivity contribution is 7.99. The Hall–Kier alpha value is -0.620. The fourth-order valence-electron chi connectivity index (χ4n) is 2.50. The molecule has 4 N–H and O–H groups in total. The van der Waals surface area contributed by atoms with Gasteiger partial charge in [-0.2, -0.15) is 11.8 Å². The van der Waals surface area contributed by atoms with Gasteiger partial charge in [-0.3, -0.25) is 16.1 Å². The van der Waals surface area contributed by atoms with Gasteiger partial charge >= 0.3 is 0 Å². The van der Waals surface area contributed by atoms with Crippen molar-refractivity contribution in [1.29, 1.82) is 10.8 Å². The minimum atomic E-state index is 0. The summed E-state index contributed by atoms with van der Waals surface area (Å²) in [6.07, 6.45) is 10.4. The van der Waals surface area contributed by atoms with Gasteiger partial charge in [-0.1, -0.05) is 51.9 Å². The van der Waals surface area contributed by atoms with Crippen LogP contribution in [0.2, 0.25) is 0 Å². The zero-order valence-electron chi connectivity index (χ0n) is 14.5. The number of rotatable bonds is 9. The van der Waals surface area contributed by atoms with Crippen molar-refractivity contribution in [2.75, 3.05) is 31.1 Å². The smallest absolute Gasteiger partial charge is 0.197 e. The third-order valence-corrected chi connectivity index (χ3v) is 4.85. The summed E-state index contributed by atoms with van der Waals surface area (Å²) < 4.78 is 0. The van der Waals surface area contributed by atoms with E-state index in [0.29, 0.717) is 5.96 Å². The highest BCUT2D eigenvalue weighted by atomic mass is 35.5. The summed E-state index contributed by atoms with van der Waals surface area (Å²) in [5.41, 5.74) is 0. The zero-order valence-corrected chi connectivity index (χ0v) is 16.1. The molecule has 0 radical (unpaired) electrons. The van der Waals surface area contributed by atoms with Crippen LogP contribution in [0.3, 0.4) is 0 Å². The molecule has 1 aliphatic rings. The van der Waals surface area contributed by atoms with E-state index in [9.17, 15) is 0 Å². The van der Waals surface area contributed by atoms with Crippen LogP contribution in [-0.4, -0.2) is 48.0 Å². The van der Waals surface area contributed by atoms with Gasteiger partial charge in [0.1, 0.15) is 0 Å². The third-order valence-electron chi connectivity index (χ3n) is 3.90. The van der Waals surface area contributed by atoms with Crippen LogP contribution in [0.25, 0.3) is 0 Å². The normalized spacial score (nSPS) is 14.0. The van der Waals surface area contributed by atoms with Gasteiger partial charge in [0, 0.05) is 31.1 Å². The maximum absolute atomic E-state index is 7.96. The number of halogens is 1.